The molecular formula is C36H67N11O12. The molecule has 0 unspecified atom stereocenters. The van der Waals surface area contributed by atoms with Gasteiger partial charge in [-0.05, 0) is 44.9 Å². The Kier molecular flexibility index (Phi) is 25.1. The number of nitrogens with one attached hydrogen (secondary N) is 7. The van der Waals surface area contributed by atoms with E-state index in [1.807, 2.05) is 12.2 Å². The summed E-state index contributed by atoms with van der Waals surface area (Å²) in [4.78, 5) is 107. The van der Waals surface area contributed by atoms with Crippen molar-refractivity contribution >= 4 is 53.3 Å². The van der Waals surface area contributed by atoms with Gasteiger partial charge in [0.15, 0.2) is 5.96 Å². The molecule has 0 heterocycles. The summed E-state index contributed by atoms with van der Waals surface area (Å²) in [7, 11) is 0. The number of aliphatic hydroxyl groups is 3. The van der Waals surface area contributed by atoms with E-state index in [0.717, 1.165) is 0 Å². The Balaban J connectivity index is 6.11. The second-order valence-electron chi connectivity index (χ2n) is 14.7. The fourth-order valence-electron chi connectivity index (χ4n) is 5.28. The van der Waals surface area contributed by atoms with Crippen LogP contribution in [0.3, 0.4) is 0 Å². The number of aliphatic hydroxyl groups excluding tert-OH is 3. The number of aliphatic carboxylic acids is 1. The highest BCUT2D eigenvalue weighted by atomic mass is 16.4. The maximum absolute atomic E-state index is 13.9. The molecule has 0 saturated heterocycles. The van der Waals surface area contributed by atoms with E-state index in [2.05, 4.69) is 36.9 Å². The lowest BCUT2D eigenvalue weighted by molar-refractivity contribution is -0.143. The van der Waals surface area contributed by atoms with Gasteiger partial charge in [0.1, 0.15) is 42.3 Å². The number of aliphatic imine (C=N–C) groups is 1. The highest BCUT2D eigenvalue weighted by Crippen LogP contribution is 2.12. The van der Waals surface area contributed by atoms with Crippen molar-refractivity contribution in [2.45, 2.75) is 141 Å². The molecule has 0 spiro atoms. The first-order valence-corrected chi connectivity index (χ1v) is 19.6. The third-order valence-electron chi connectivity index (χ3n) is 9.26. The SMILES string of the molecule is CCCC[C@H](NC(=O)[C@@H](N)[C@H](O)C(C)C)C(=O)N[C@H](CCCN=C(N)N)C(=O)N[C@H](C(=O)N[C@H](C(=O)NCC(=O)N[C@@H](C)C(=O)N[C@@H](CO)C(=O)O)[C@H](C)O)[C@@H](C)CC. The fraction of sp³-hybridized carbons (Fsp3) is 0.750. The number of carbonyl (C=O) groups is 8. The number of hydrogen-bond donors (Lipinski definition) is 14. The first-order valence-electron chi connectivity index (χ1n) is 19.6. The standard InChI is InChI=1S/C36H67N11O12/c1-8-10-12-21(44-32(55)25(37)28(51)17(3)4)30(53)43-22(13-11-14-40-36(38)39)31(54)46-26(18(5)9-2)34(57)47-27(20(7)49)33(56)41-15-24(50)42-19(6)29(52)45-23(16-48)35(58)59/h17-23,25-28,48-49,51H,8-16,37H2,1-7H3,(H,41,56)(H,42,50)(H,43,53)(H,44,55)(H,45,52)(H,46,54)(H,47,57)(H,58,59)(H4,38,39,40)/t18-,19-,20-,21-,22+,23-,25-,26-,27-,28+/m0/s1. The van der Waals surface area contributed by atoms with Gasteiger partial charge in [0.05, 0.1) is 25.4 Å². The van der Waals surface area contributed by atoms with Crippen molar-refractivity contribution in [3.8, 4) is 0 Å². The number of hydrogen-bond acceptors (Lipinski definition) is 13. The van der Waals surface area contributed by atoms with Crippen molar-refractivity contribution in [3.63, 3.8) is 0 Å². The van der Waals surface area contributed by atoms with Gasteiger partial charge in [-0.15, -0.1) is 0 Å². The van der Waals surface area contributed by atoms with Gasteiger partial charge in [0.25, 0.3) is 0 Å². The number of rotatable bonds is 28. The Bertz CT molecular complexity index is 1440. The molecule has 0 aliphatic rings. The third kappa shape index (κ3) is 19.9. The topological polar surface area (TPSA) is 392 Å². The van der Waals surface area contributed by atoms with Crippen LogP contribution in [0.5, 0.6) is 0 Å². The zero-order chi connectivity index (χ0) is 45.6. The molecular weight excluding hydrogens is 778 g/mol. The average molecular weight is 846 g/mol. The molecule has 0 aromatic rings. The Hall–Kier alpha value is -5.13. The van der Waals surface area contributed by atoms with Gasteiger partial charge < -0.3 is 74.8 Å². The third-order valence-corrected chi connectivity index (χ3v) is 9.26. The van der Waals surface area contributed by atoms with Crippen LogP contribution in [0.4, 0.5) is 0 Å². The average Bonchev–Trinajstić information content (AvgIpc) is 3.17. The fourth-order valence-corrected chi connectivity index (χ4v) is 5.28. The van der Waals surface area contributed by atoms with Crippen molar-refractivity contribution in [1.82, 2.24) is 37.2 Å². The van der Waals surface area contributed by atoms with Gasteiger partial charge in [0, 0.05) is 6.54 Å². The smallest absolute Gasteiger partial charge is 0.328 e. The molecule has 10 atom stereocenters. The summed E-state index contributed by atoms with van der Waals surface area (Å²) in [5, 5.41) is 55.6. The van der Waals surface area contributed by atoms with Gasteiger partial charge in [-0.25, -0.2) is 4.79 Å². The number of unbranched alkanes of at least 4 members (excludes halogenated alkanes) is 1. The summed E-state index contributed by atoms with van der Waals surface area (Å²) in [6.45, 7) is 9.48. The summed E-state index contributed by atoms with van der Waals surface area (Å²) >= 11 is 0. The lowest BCUT2D eigenvalue weighted by atomic mass is 9.96. The van der Waals surface area contributed by atoms with Crippen molar-refractivity contribution in [1.29, 1.82) is 0 Å². The number of carbonyl (C=O) groups excluding carboxylic acids is 7. The van der Waals surface area contributed by atoms with Crippen molar-refractivity contribution in [2.24, 2.45) is 34.0 Å². The van der Waals surface area contributed by atoms with Crippen LogP contribution in [-0.2, 0) is 38.4 Å². The van der Waals surface area contributed by atoms with Gasteiger partial charge in [-0.1, -0.05) is 53.9 Å². The number of nitrogens with two attached hydrogens (primary N) is 3. The second kappa shape index (κ2) is 27.5. The van der Waals surface area contributed by atoms with E-state index in [1.165, 1.54) is 13.8 Å². The largest absolute Gasteiger partial charge is 0.480 e. The molecule has 0 radical (unpaired) electrons. The van der Waals surface area contributed by atoms with E-state index in [0.29, 0.717) is 19.3 Å². The van der Waals surface area contributed by atoms with E-state index in [1.54, 1.807) is 27.7 Å². The van der Waals surface area contributed by atoms with Crippen LogP contribution in [0, 0.1) is 11.8 Å². The van der Waals surface area contributed by atoms with Crippen molar-refractivity contribution in [3.05, 3.63) is 0 Å². The highest BCUT2D eigenvalue weighted by molar-refractivity contribution is 5.97. The summed E-state index contributed by atoms with van der Waals surface area (Å²) in [5.74, 6) is -8.65. The molecule has 0 bridgehead atoms. The molecule has 23 nitrogen and oxygen atoms in total. The van der Waals surface area contributed by atoms with Gasteiger partial charge >= 0.3 is 5.97 Å². The Labute approximate surface area is 344 Å². The van der Waals surface area contributed by atoms with E-state index in [-0.39, 0.29) is 37.7 Å². The van der Waals surface area contributed by atoms with E-state index in [9.17, 15) is 48.6 Å². The monoisotopic (exact) mass is 845 g/mol. The minimum absolute atomic E-state index is 0.0220. The van der Waals surface area contributed by atoms with Gasteiger partial charge in [-0.3, -0.25) is 38.6 Å². The normalized spacial score (nSPS) is 16.2. The quantitative estimate of drug-likeness (QED) is 0.0199. The molecule has 338 valence electrons. The van der Waals surface area contributed by atoms with Gasteiger partial charge in [0.2, 0.25) is 41.4 Å². The maximum atomic E-state index is 13.9. The zero-order valence-corrected chi connectivity index (χ0v) is 34.9. The summed E-state index contributed by atoms with van der Waals surface area (Å²) in [6, 6.07) is -9.61. The van der Waals surface area contributed by atoms with Crippen LogP contribution in [0.2, 0.25) is 0 Å². The highest BCUT2D eigenvalue weighted by Gasteiger charge is 2.35. The van der Waals surface area contributed by atoms with Crippen LogP contribution in [-0.4, -0.2) is 148 Å². The lowest BCUT2D eigenvalue weighted by Gasteiger charge is -2.30. The molecule has 0 fully saturated rings. The molecule has 17 N–H and O–H groups in total. The summed E-state index contributed by atoms with van der Waals surface area (Å²) < 4.78 is 0. The summed E-state index contributed by atoms with van der Waals surface area (Å²) in [5.41, 5.74) is 16.8. The zero-order valence-electron chi connectivity index (χ0n) is 34.9. The number of carboxylic acid groups (broad SMARTS) is 1. The first kappa shape index (κ1) is 53.9. The van der Waals surface area contributed by atoms with Crippen molar-refractivity contribution < 1.29 is 58.8 Å². The molecule has 0 aromatic carbocycles. The second-order valence-corrected chi connectivity index (χ2v) is 14.7. The van der Waals surface area contributed by atoms with Crippen molar-refractivity contribution in [2.75, 3.05) is 19.7 Å². The molecule has 0 rings (SSSR count). The molecule has 59 heavy (non-hydrogen) atoms. The predicted molar refractivity (Wildman–Crippen MR) is 214 cm³/mol. The minimum atomic E-state index is -1.64. The van der Waals surface area contributed by atoms with E-state index in [4.69, 9.17) is 27.4 Å². The maximum Gasteiger partial charge on any atom is 0.328 e. The molecule has 7 amide bonds. The summed E-state index contributed by atoms with van der Waals surface area (Å²) in [6.07, 6.45) is -0.840. The Morgan fingerprint density at radius 3 is 1.68 bits per heavy atom. The van der Waals surface area contributed by atoms with Crippen LogP contribution < -0.4 is 54.4 Å². The number of guanidine groups is 1. The number of amides is 7. The lowest BCUT2D eigenvalue weighted by Crippen LogP contribution is -2.61. The van der Waals surface area contributed by atoms with Gasteiger partial charge in [-0.2, -0.15) is 0 Å². The Morgan fingerprint density at radius 1 is 0.661 bits per heavy atom. The van der Waals surface area contributed by atoms with Crippen LogP contribution in [0.1, 0.15) is 87.0 Å². The van der Waals surface area contributed by atoms with E-state index < -0.39 is 121 Å². The predicted octanol–water partition coefficient (Wildman–Crippen LogP) is -4.88. The molecule has 23 heteroatoms. The Morgan fingerprint density at radius 2 is 1.19 bits per heavy atom. The van der Waals surface area contributed by atoms with Crippen LogP contribution in [0.25, 0.3) is 0 Å². The minimum Gasteiger partial charge on any atom is -0.480 e. The van der Waals surface area contributed by atoms with Crippen LogP contribution in [0.15, 0.2) is 4.99 Å². The van der Waals surface area contributed by atoms with E-state index >= 15 is 0 Å². The number of nitrogens with zero attached hydrogens (tertiary/aromatic N) is 1. The molecule has 0 aliphatic carbocycles. The number of carboxylic acids is 1. The molecule has 0 aromatic heterocycles. The van der Waals surface area contributed by atoms with Crippen LogP contribution >= 0.6 is 0 Å². The molecule has 0 saturated carbocycles. The molecule has 0 aliphatic heterocycles. The first-order chi connectivity index (χ1) is 27.5.